The summed E-state index contributed by atoms with van der Waals surface area (Å²) in [5.41, 5.74) is 1.41. The highest BCUT2D eigenvalue weighted by atomic mass is 127. The number of aliphatic hydroxyl groups excluding tert-OH is 3. The number of hydrogen-bond donors (Lipinski definition) is 4. The van der Waals surface area contributed by atoms with Crippen molar-refractivity contribution in [1.82, 2.24) is 10.2 Å². The van der Waals surface area contributed by atoms with Gasteiger partial charge in [-0.1, -0.05) is 6.92 Å². The maximum atomic E-state index is 13.2. The van der Waals surface area contributed by atoms with E-state index in [1.54, 1.807) is 25.1 Å². The summed E-state index contributed by atoms with van der Waals surface area (Å²) in [6.45, 7) is 1.06. The number of ketones is 1. The van der Waals surface area contributed by atoms with Crippen molar-refractivity contribution in [2.75, 3.05) is 20.3 Å². The average molecular weight is 642 g/mol. The number of carbonyl (C=O) groups is 3. The van der Waals surface area contributed by atoms with Crippen LogP contribution in [0, 0.1) is 3.57 Å². The lowest BCUT2D eigenvalue weighted by atomic mass is 9.87. The van der Waals surface area contributed by atoms with Crippen molar-refractivity contribution >= 4 is 40.2 Å². The molecule has 1 aromatic carbocycles. The molecular formula is C26H31IN2O9. The Kier molecular flexibility index (Phi) is 10.7. The third kappa shape index (κ3) is 6.92. The molecule has 206 valence electrons. The maximum Gasteiger partial charge on any atom is 0.290 e. The molecule has 0 spiro atoms. The van der Waals surface area contributed by atoms with Gasteiger partial charge in [0.25, 0.3) is 5.91 Å². The van der Waals surface area contributed by atoms with Gasteiger partial charge in [-0.25, -0.2) is 0 Å². The molecule has 3 unspecified atom stereocenters. The van der Waals surface area contributed by atoms with E-state index in [0.29, 0.717) is 20.4 Å². The van der Waals surface area contributed by atoms with Crippen molar-refractivity contribution in [2.45, 2.75) is 51.2 Å². The molecule has 1 aliphatic carbocycles. The summed E-state index contributed by atoms with van der Waals surface area (Å²) in [6.07, 6.45) is 1.80. The van der Waals surface area contributed by atoms with Gasteiger partial charge in [0.05, 0.1) is 42.5 Å². The van der Waals surface area contributed by atoms with Gasteiger partial charge in [0.2, 0.25) is 11.7 Å². The van der Waals surface area contributed by atoms with Gasteiger partial charge in [0.15, 0.2) is 11.5 Å². The van der Waals surface area contributed by atoms with Crippen LogP contribution in [0.4, 0.5) is 0 Å². The Morgan fingerprint density at radius 1 is 1.24 bits per heavy atom. The number of methoxy groups -OCH3 is 1. The average Bonchev–Trinajstić information content (AvgIpc) is 3.44. The normalized spacial score (nSPS) is 18.9. The highest BCUT2D eigenvalue weighted by molar-refractivity contribution is 14.1. The number of rotatable bonds is 12. The largest absolute Gasteiger partial charge is 0.493 e. The molecule has 0 aliphatic heterocycles. The number of ether oxygens (including phenoxy) is 2. The number of halogens is 1. The van der Waals surface area contributed by atoms with Crippen LogP contribution >= 0.6 is 22.6 Å². The second-order valence-corrected chi connectivity index (χ2v) is 9.79. The monoisotopic (exact) mass is 642 g/mol. The van der Waals surface area contributed by atoms with Crippen LogP contribution in [0.5, 0.6) is 11.5 Å². The fraction of sp³-hybridized carbons (Fsp3) is 0.423. The van der Waals surface area contributed by atoms with Crippen LogP contribution in [0.25, 0.3) is 0 Å². The number of carbonyl (C=O) groups excluding carboxylic acids is 3. The van der Waals surface area contributed by atoms with E-state index in [-0.39, 0.29) is 50.5 Å². The molecule has 3 rings (SSSR count). The molecule has 4 N–H and O–H groups in total. The van der Waals surface area contributed by atoms with Crippen molar-refractivity contribution in [3.8, 4) is 11.5 Å². The predicted molar refractivity (Wildman–Crippen MR) is 143 cm³/mol. The maximum absolute atomic E-state index is 13.2. The van der Waals surface area contributed by atoms with Crippen LogP contribution in [0.15, 0.2) is 46.8 Å². The number of Topliss-reactive ketones (excluding diaryl/α,β-unsaturated/α-hetero) is 1. The van der Waals surface area contributed by atoms with Crippen LogP contribution in [0.1, 0.15) is 30.9 Å². The van der Waals surface area contributed by atoms with Gasteiger partial charge in [-0.2, -0.15) is 0 Å². The van der Waals surface area contributed by atoms with Crippen molar-refractivity contribution in [3.63, 3.8) is 0 Å². The van der Waals surface area contributed by atoms with Crippen molar-refractivity contribution < 1.29 is 43.6 Å². The van der Waals surface area contributed by atoms with E-state index in [1.807, 2.05) is 22.6 Å². The minimum absolute atomic E-state index is 0.00917. The summed E-state index contributed by atoms with van der Waals surface area (Å²) in [7, 11) is 1.44. The first-order chi connectivity index (χ1) is 18.2. The number of aliphatic hydroxyl groups is 3. The number of nitrogens with zero attached hydrogens (tertiary/aromatic N) is 1. The number of nitrogens with one attached hydrogen (secondary N) is 1. The Labute approximate surface area is 233 Å². The summed E-state index contributed by atoms with van der Waals surface area (Å²) in [4.78, 5) is 39.8. The first-order valence-corrected chi connectivity index (χ1v) is 13.1. The lowest BCUT2D eigenvalue weighted by molar-refractivity contribution is -0.149. The Morgan fingerprint density at radius 2 is 2.00 bits per heavy atom. The minimum atomic E-state index is -1.33. The molecular weight excluding hydrogens is 611 g/mol. The van der Waals surface area contributed by atoms with Gasteiger partial charge in [-0.3, -0.25) is 14.4 Å². The molecule has 3 atom stereocenters. The van der Waals surface area contributed by atoms with Gasteiger partial charge < -0.3 is 39.4 Å². The first-order valence-electron chi connectivity index (χ1n) is 12.0. The van der Waals surface area contributed by atoms with Crippen molar-refractivity contribution in [2.24, 2.45) is 0 Å². The SMILES string of the molecule is CCC(=O)C(=O)N(Cc1ccoc1)C1CC(C(=O)NCCO)=CC(Oc2c(I)cc(CO)cc2OC)C1O. The Morgan fingerprint density at radius 3 is 2.61 bits per heavy atom. The van der Waals surface area contributed by atoms with E-state index in [9.17, 15) is 24.6 Å². The molecule has 2 aromatic rings. The van der Waals surface area contributed by atoms with Crippen molar-refractivity contribution in [1.29, 1.82) is 0 Å². The fourth-order valence-electron chi connectivity index (χ4n) is 4.12. The lowest BCUT2D eigenvalue weighted by Crippen LogP contribution is -2.56. The third-order valence-electron chi connectivity index (χ3n) is 6.09. The Balaban J connectivity index is 2.04. The number of benzene rings is 1. The van der Waals surface area contributed by atoms with Crippen molar-refractivity contribution in [3.05, 3.63) is 57.1 Å². The predicted octanol–water partition coefficient (Wildman–Crippen LogP) is 1.31. The lowest BCUT2D eigenvalue weighted by Gasteiger charge is -2.40. The van der Waals surface area contributed by atoms with Crippen LogP contribution in [0.2, 0.25) is 0 Å². The van der Waals surface area contributed by atoms with E-state index in [0.717, 1.165) is 0 Å². The number of hydrogen-bond acceptors (Lipinski definition) is 9. The Bertz CT molecular complexity index is 1170. The van der Waals surface area contributed by atoms with Gasteiger partial charge >= 0.3 is 0 Å². The summed E-state index contributed by atoms with van der Waals surface area (Å²) in [5.74, 6) is -1.36. The standard InChI is InChI=1S/C26H31IN2O9/c1-3-20(32)26(35)29(12-15-4-7-37-14-15)19-10-17(25(34)28-5-6-30)11-21(23(19)33)38-24-18(27)8-16(13-31)9-22(24)36-2/h4,7-9,11,14,19,21,23,30-31,33H,3,5-6,10,12-13H2,1-2H3,(H,28,34). The van der Waals surface area contributed by atoms with Gasteiger partial charge in [-0.05, 0) is 52.4 Å². The summed E-state index contributed by atoms with van der Waals surface area (Å²) >= 11 is 2.01. The molecule has 0 saturated carbocycles. The number of furan rings is 1. The van der Waals surface area contributed by atoms with E-state index >= 15 is 0 Å². The quantitative estimate of drug-likeness (QED) is 0.198. The second-order valence-electron chi connectivity index (χ2n) is 8.62. The zero-order chi connectivity index (χ0) is 27.8. The third-order valence-corrected chi connectivity index (χ3v) is 6.90. The number of amides is 2. The zero-order valence-corrected chi connectivity index (χ0v) is 23.2. The van der Waals surface area contributed by atoms with Crippen LogP contribution < -0.4 is 14.8 Å². The molecule has 1 heterocycles. The van der Waals surface area contributed by atoms with Crippen LogP contribution in [-0.2, 0) is 27.5 Å². The first kappa shape index (κ1) is 29.6. The van der Waals surface area contributed by atoms with E-state index in [1.165, 1.54) is 30.6 Å². The molecule has 0 bridgehead atoms. The zero-order valence-electron chi connectivity index (χ0n) is 21.1. The fourth-order valence-corrected chi connectivity index (χ4v) is 4.92. The molecule has 0 radical (unpaired) electrons. The Hall–Kier alpha value is -2.94. The van der Waals surface area contributed by atoms with Crippen LogP contribution in [0.3, 0.4) is 0 Å². The minimum Gasteiger partial charge on any atom is -0.493 e. The summed E-state index contributed by atoms with van der Waals surface area (Å²) < 4.78 is 17.3. The molecule has 2 amide bonds. The second kappa shape index (κ2) is 13.7. The highest BCUT2D eigenvalue weighted by Crippen LogP contribution is 2.37. The van der Waals surface area contributed by atoms with Crippen LogP contribution in [-0.4, -0.2) is 76.3 Å². The topological polar surface area (TPSA) is 159 Å². The molecule has 1 aromatic heterocycles. The smallest absolute Gasteiger partial charge is 0.290 e. The molecule has 0 fully saturated rings. The molecule has 38 heavy (non-hydrogen) atoms. The molecule has 1 aliphatic rings. The summed E-state index contributed by atoms with van der Waals surface area (Å²) in [6, 6.07) is 3.93. The summed E-state index contributed by atoms with van der Waals surface area (Å²) in [5, 5.41) is 32.7. The van der Waals surface area contributed by atoms with E-state index in [4.69, 9.17) is 19.0 Å². The molecule has 12 heteroatoms. The van der Waals surface area contributed by atoms with Gasteiger partial charge in [0, 0.05) is 37.1 Å². The molecule has 0 saturated heterocycles. The highest BCUT2D eigenvalue weighted by Gasteiger charge is 2.42. The van der Waals surface area contributed by atoms with Gasteiger partial charge in [-0.15, -0.1) is 0 Å². The van der Waals surface area contributed by atoms with E-state index < -0.39 is 35.8 Å². The van der Waals surface area contributed by atoms with Gasteiger partial charge in [0.1, 0.15) is 12.2 Å². The molecule has 11 nitrogen and oxygen atoms in total. The van der Waals surface area contributed by atoms with E-state index in [2.05, 4.69) is 5.32 Å².